The number of piperidine rings is 1. The molecule has 1 unspecified atom stereocenters. The smallest absolute Gasteiger partial charge is 0.274 e. The number of carbonyl (C=O) groups excluding carboxylic acids is 1. The fraction of sp³-hybridized carbons (Fsp3) is 0.474. The first-order valence-corrected chi connectivity index (χ1v) is 9.18. The van der Waals surface area contributed by atoms with Crippen molar-refractivity contribution >= 4 is 5.91 Å². The number of nitrogens with zero attached hydrogens (tertiary/aromatic N) is 3. The van der Waals surface area contributed by atoms with Gasteiger partial charge in [0.2, 0.25) is 6.79 Å². The summed E-state index contributed by atoms with van der Waals surface area (Å²) in [6, 6.07) is 7.94. The van der Waals surface area contributed by atoms with E-state index in [1.807, 2.05) is 42.1 Å². The number of fused-ring (bicyclic) bond motifs is 1. The van der Waals surface area contributed by atoms with Gasteiger partial charge < -0.3 is 19.7 Å². The fourth-order valence-corrected chi connectivity index (χ4v) is 3.46. The summed E-state index contributed by atoms with van der Waals surface area (Å²) in [5.41, 5.74) is 1.51. The molecule has 2 aliphatic rings. The second-order valence-electron chi connectivity index (χ2n) is 6.69. The van der Waals surface area contributed by atoms with E-state index in [0.717, 1.165) is 43.0 Å². The quantitative estimate of drug-likeness (QED) is 0.889. The predicted molar refractivity (Wildman–Crippen MR) is 96.3 cm³/mol. The Bertz CT molecular complexity index is 783. The number of rotatable bonds is 5. The maximum absolute atomic E-state index is 12.9. The van der Waals surface area contributed by atoms with Gasteiger partial charge in [-0.15, -0.1) is 0 Å². The van der Waals surface area contributed by atoms with Crippen LogP contribution in [-0.4, -0.2) is 47.0 Å². The molecular weight excluding hydrogens is 332 g/mol. The van der Waals surface area contributed by atoms with Gasteiger partial charge in [0.05, 0.1) is 6.04 Å². The summed E-state index contributed by atoms with van der Waals surface area (Å²) in [7, 11) is 0. The van der Waals surface area contributed by atoms with Gasteiger partial charge in [-0.05, 0) is 50.1 Å². The summed E-state index contributed by atoms with van der Waals surface area (Å²) in [5.74, 6) is 1.44. The van der Waals surface area contributed by atoms with Crippen LogP contribution < -0.4 is 14.8 Å². The highest BCUT2D eigenvalue weighted by Gasteiger charge is 2.21. The Balaban J connectivity index is 1.46. The van der Waals surface area contributed by atoms with Gasteiger partial charge in [-0.1, -0.05) is 6.07 Å². The van der Waals surface area contributed by atoms with E-state index in [-0.39, 0.29) is 12.7 Å². The first kappa shape index (κ1) is 16.9. The van der Waals surface area contributed by atoms with Crippen LogP contribution in [0.3, 0.4) is 0 Å². The number of amides is 1. The molecule has 1 fully saturated rings. The van der Waals surface area contributed by atoms with Gasteiger partial charge in [0.15, 0.2) is 11.5 Å². The summed E-state index contributed by atoms with van der Waals surface area (Å²) >= 11 is 0. The molecule has 2 aromatic rings. The number of hydrogen-bond acceptors (Lipinski definition) is 5. The number of benzene rings is 1. The van der Waals surface area contributed by atoms with E-state index >= 15 is 0 Å². The van der Waals surface area contributed by atoms with Crippen LogP contribution in [0.1, 0.15) is 41.9 Å². The highest BCUT2D eigenvalue weighted by atomic mass is 16.7. The van der Waals surface area contributed by atoms with Gasteiger partial charge in [0, 0.05) is 25.8 Å². The lowest BCUT2D eigenvalue weighted by Gasteiger charge is -2.23. The van der Waals surface area contributed by atoms with Crippen molar-refractivity contribution in [1.29, 1.82) is 0 Å². The minimum Gasteiger partial charge on any atom is -0.454 e. The summed E-state index contributed by atoms with van der Waals surface area (Å²) in [6.07, 6.45) is 4.15. The molecule has 1 atom stereocenters. The van der Waals surface area contributed by atoms with Crippen molar-refractivity contribution in [3.8, 4) is 11.5 Å². The first-order chi connectivity index (χ1) is 12.7. The predicted octanol–water partition coefficient (Wildman–Crippen LogP) is 2.20. The number of ether oxygens (including phenoxy) is 2. The Morgan fingerprint density at radius 2 is 2.23 bits per heavy atom. The van der Waals surface area contributed by atoms with Crippen LogP contribution in [0, 0.1) is 0 Å². The molecular formula is C19H24N4O3. The lowest BCUT2D eigenvalue weighted by molar-refractivity contribution is 0.0745. The maximum atomic E-state index is 12.9. The molecule has 26 heavy (non-hydrogen) atoms. The molecule has 0 saturated carbocycles. The molecule has 3 heterocycles. The summed E-state index contributed by atoms with van der Waals surface area (Å²) in [5, 5.41) is 7.92. The normalized spacial score (nSPS) is 18.7. The molecule has 1 saturated heterocycles. The van der Waals surface area contributed by atoms with Gasteiger partial charge in [-0.25, -0.2) is 0 Å². The van der Waals surface area contributed by atoms with Crippen molar-refractivity contribution in [2.75, 3.05) is 26.4 Å². The average molecular weight is 356 g/mol. The van der Waals surface area contributed by atoms with Crippen molar-refractivity contribution in [2.45, 2.75) is 32.4 Å². The van der Waals surface area contributed by atoms with E-state index in [2.05, 4.69) is 10.4 Å². The van der Waals surface area contributed by atoms with Crippen LogP contribution in [0.5, 0.6) is 11.5 Å². The largest absolute Gasteiger partial charge is 0.454 e. The monoisotopic (exact) mass is 356 g/mol. The van der Waals surface area contributed by atoms with Crippen molar-refractivity contribution in [1.82, 2.24) is 20.0 Å². The Morgan fingerprint density at radius 1 is 1.35 bits per heavy atom. The second kappa shape index (κ2) is 7.37. The molecule has 1 N–H and O–H groups in total. The molecule has 1 amide bonds. The summed E-state index contributed by atoms with van der Waals surface area (Å²) in [4.78, 5) is 14.7. The summed E-state index contributed by atoms with van der Waals surface area (Å²) < 4.78 is 12.7. The van der Waals surface area contributed by atoms with E-state index < -0.39 is 0 Å². The molecule has 0 aliphatic carbocycles. The van der Waals surface area contributed by atoms with Gasteiger partial charge in [0.1, 0.15) is 5.69 Å². The maximum Gasteiger partial charge on any atom is 0.274 e. The number of nitrogens with one attached hydrogen (secondary N) is 1. The lowest BCUT2D eigenvalue weighted by atomic mass is 10.1. The number of hydrogen-bond donors (Lipinski definition) is 1. The SMILES string of the molecule is CCN(Cc1ccc2c(c1)OCO2)C(=O)c1ccn(C2CCCNC2)n1. The van der Waals surface area contributed by atoms with Crippen molar-refractivity contribution < 1.29 is 14.3 Å². The number of carbonyl (C=O) groups is 1. The lowest BCUT2D eigenvalue weighted by Crippen LogP contribution is -2.33. The Labute approximate surface area is 152 Å². The van der Waals surface area contributed by atoms with Crippen molar-refractivity contribution in [3.63, 3.8) is 0 Å². The van der Waals surface area contributed by atoms with E-state index in [1.54, 1.807) is 4.90 Å². The molecule has 0 bridgehead atoms. The molecule has 1 aromatic carbocycles. The molecule has 0 radical (unpaired) electrons. The average Bonchev–Trinajstić information content (AvgIpc) is 3.35. The van der Waals surface area contributed by atoms with Gasteiger partial charge in [0.25, 0.3) is 5.91 Å². The highest BCUT2D eigenvalue weighted by molar-refractivity contribution is 5.92. The minimum absolute atomic E-state index is 0.0484. The van der Waals surface area contributed by atoms with Crippen LogP contribution in [0.4, 0.5) is 0 Å². The zero-order chi connectivity index (χ0) is 17.9. The molecule has 138 valence electrons. The highest BCUT2D eigenvalue weighted by Crippen LogP contribution is 2.32. The van der Waals surface area contributed by atoms with E-state index in [9.17, 15) is 4.79 Å². The zero-order valence-corrected chi connectivity index (χ0v) is 15.0. The van der Waals surface area contributed by atoms with Crippen LogP contribution in [0.15, 0.2) is 30.5 Å². The van der Waals surface area contributed by atoms with E-state index in [1.165, 1.54) is 0 Å². The molecule has 7 heteroatoms. The van der Waals surface area contributed by atoms with Crippen LogP contribution >= 0.6 is 0 Å². The molecule has 4 rings (SSSR count). The molecule has 2 aliphatic heterocycles. The third-order valence-corrected chi connectivity index (χ3v) is 4.95. The fourth-order valence-electron chi connectivity index (χ4n) is 3.46. The topological polar surface area (TPSA) is 68.6 Å². The summed E-state index contributed by atoms with van der Waals surface area (Å²) in [6.45, 7) is 5.33. The zero-order valence-electron chi connectivity index (χ0n) is 15.0. The Morgan fingerprint density at radius 3 is 3.04 bits per heavy atom. The Kier molecular flexibility index (Phi) is 4.79. The third-order valence-electron chi connectivity index (χ3n) is 4.95. The third kappa shape index (κ3) is 3.39. The van der Waals surface area contributed by atoms with Crippen LogP contribution in [0.2, 0.25) is 0 Å². The van der Waals surface area contributed by atoms with Crippen molar-refractivity contribution in [2.24, 2.45) is 0 Å². The first-order valence-electron chi connectivity index (χ1n) is 9.18. The van der Waals surface area contributed by atoms with Crippen molar-refractivity contribution in [3.05, 3.63) is 41.7 Å². The number of aromatic nitrogens is 2. The van der Waals surface area contributed by atoms with Gasteiger partial charge >= 0.3 is 0 Å². The Hall–Kier alpha value is -2.54. The van der Waals surface area contributed by atoms with Crippen LogP contribution in [-0.2, 0) is 6.54 Å². The minimum atomic E-state index is -0.0484. The van der Waals surface area contributed by atoms with E-state index in [0.29, 0.717) is 24.8 Å². The standard InChI is InChI=1S/C19H24N4O3/c1-2-22(12-14-5-6-17-18(10-14)26-13-25-17)19(24)16-7-9-23(21-16)15-4-3-8-20-11-15/h5-7,9-10,15,20H,2-4,8,11-13H2,1H3. The van der Waals surface area contributed by atoms with Gasteiger partial charge in [-0.3, -0.25) is 9.48 Å². The molecule has 0 spiro atoms. The molecule has 7 nitrogen and oxygen atoms in total. The van der Waals surface area contributed by atoms with Crippen LogP contribution in [0.25, 0.3) is 0 Å². The second-order valence-corrected chi connectivity index (χ2v) is 6.69. The van der Waals surface area contributed by atoms with E-state index in [4.69, 9.17) is 9.47 Å². The molecule has 1 aromatic heterocycles. The van der Waals surface area contributed by atoms with Gasteiger partial charge in [-0.2, -0.15) is 5.10 Å².